The fourth-order valence-corrected chi connectivity index (χ4v) is 3.44. The Kier molecular flexibility index (Phi) is 4.98. The topological polar surface area (TPSA) is 12.0 Å². The molecule has 0 aliphatic rings. The first-order valence-electron chi connectivity index (χ1n) is 6.24. The summed E-state index contributed by atoms with van der Waals surface area (Å²) in [6.45, 7) is 5.31. The van der Waals surface area contributed by atoms with Crippen LogP contribution in [-0.2, 0) is 6.42 Å². The summed E-state index contributed by atoms with van der Waals surface area (Å²) in [7, 11) is 0. The molecule has 0 aliphatic carbocycles. The minimum atomic E-state index is 0.410. The summed E-state index contributed by atoms with van der Waals surface area (Å²) in [4.78, 5) is 2.80. The van der Waals surface area contributed by atoms with E-state index in [1.54, 1.807) is 0 Å². The third-order valence-electron chi connectivity index (χ3n) is 2.94. The number of hydrogen-bond acceptors (Lipinski definition) is 2. The van der Waals surface area contributed by atoms with Crippen molar-refractivity contribution in [3.8, 4) is 0 Å². The maximum atomic E-state index is 3.63. The molecule has 1 atom stereocenters. The first-order valence-corrected chi connectivity index (χ1v) is 7.84. The molecule has 0 fully saturated rings. The van der Waals surface area contributed by atoms with Crippen molar-refractivity contribution in [1.82, 2.24) is 5.32 Å². The van der Waals surface area contributed by atoms with E-state index in [0.29, 0.717) is 6.04 Å². The second-order valence-electron chi connectivity index (χ2n) is 4.35. The minimum absolute atomic E-state index is 0.410. The predicted octanol–water partition coefficient (Wildman–Crippen LogP) is 4.71. The second-order valence-corrected chi connectivity index (χ2v) is 6.53. The molecule has 2 aromatic rings. The maximum Gasteiger partial charge on any atom is 0.0456 e. The van der Waals surface area contributed by atoms with Crippen LogP contribution < -0.4 is 5.32 Å². The van der Waals surface area contributed by atoms with E-state index in [1.165, 1.54) is 19.8 Å². The zero-order chi connectivity index (χ0) is 13.0. The molecule has 3 heteroatoms. The average Bonchev–Trinajstić information content (AvgIpc) is 2.78. The Morgan fingerprint density at radius 3 is 2.61 bits per heavy atom. The number of hydrogen-bond donors (Lipinski definition) is 1. The van der Waals surface area contributed by atoms with Gasteiger partial charge in [-0.1, -0.05) is 41.1 Å². The molecule has 1 aromatic carbocycles. The lowest BCUT2D eigenvalue weighted by atomic mass is 10.0. The molecule has 1 unspecified atom stereocenters. The van der Waals surface area contributed by atoms with Crippen LogP contribution in [0, 0.1) is 6.92 Å². The zero-order valence-electron chi connectivity index (χ0n) is 10.7. The molecule has 0 saturated heterocycles. The van der Waals surface area contributed by atoms with Crippen molar-refractivity contribution < 1.29 is 0 Å². The molecule has 0 bridgehead atoms. The van der Waals surface area contributed by atoms with Crippen LogP contribution in [0.25, 0.3) is 0 Å². The van der Waals surface area contributed by atoms with Crippen molar-refractivity contribution in [2.45, 2.75) is 26.3 Å². The summed E-state index contributed by atoms with van der Waals surface area (Å²) in [6, 6.07) is 13.3. The van der Waals surface area contributed by atoms with Gasteiger partial charge in [0.05, 0.1) is 0 Å². The molecule has 0 amide bonds. The normalized spacial score (nSPS) is 12.6. The smallest absolute Gasteiger partial charge is 0.0456 e. The number of benzene rings is 1. The van der Waals surface area contributed by atoms with Crippen LogP contribution in [-0.4, -0.2) is 6.54 Å². The summed E-state index contributed by atoms with van der Waals surface area (Å²) in [6.07, 6.45) is 1.02. The maximum absolute atomic E-state index is 3.63. The number of halogens is 1. The van der Waals surface area contributed by atoms with Crippen molar-refractivity contribution in [2.75, 3.05) is 6.54 Å². The van der Waals surface area contributed by atoms with Crippen molar-refractivity contribution in [3.63, 3.8) is 0 Å². The first-order chi connectivity index (χ1) is 8.70. The highest BCUT2D eigenvalue weighted by molar-refractivity contribution is 9.10. The van der Waals surface area contributed by atoms with Crippen molar-refractivity contribution in [3.05, 3.63) is 56.2 Å². The first kappa shape index (κ1) is 13.8. The summed E-state index contributed by atoms with van der Waals surface area (Å²) in [5.41, 5.74) is 1.36. The minimum Gasteiger partial charge on any atom is -0.309 e. The average molecular weight is 324 g/mol. The molecular formula is C15H18BrNS. The van der Waals surface area contributed by atoms with Gasteiger partial charge in [-0.3, -0.25) is 0 Å². The third kappa shape index (κ3) is 3.44. The van der Waals surface area contributed by atoms with Crippen molar-refractivity contribution >= 4 is 27.3 Å². The van der Waals surface area contributed by atoms with E-state index >= 15 is 0 Å². The summed E-state index contributed by atoms with van der Waals surface area (Å²) in [5, 5.41) is 3.58. The van der Waals surface area contributed by atoms with Gasteiger partial charge >= 0.3 is 0 Å². The van der Waals surface area contributed by atoms with Gasteiger partial charge < -0.3 is 5.32 Å². The summed E-state index contributed by atoms with van der Waals surface area (Å²) >= 11 is 5.51. The lowest BCUT2D eigenvalue weighted by Crippen LogP contribution is -2.22. The number of nitrogens with one attached hydrogen (secondary N) is 1. The van der Waals surface area contributed by atoms with Crippen LogP contribution >= 0.6 is 27.3 Å². The van der Waals surface area contributed by atoms with Gasteiger partial charge in [-0.15, -0.1) is 11.3 Å². The van der Waals surface area contributed by atoms with Gasteiger partial charge in [0.1, 0.15) is 0 Å². The molecular weight excluding hydrogens is 306 g/mol. The number of thiophene rings is 1. The molecule has 1 N–H and O–H groups in total. The molecule has 0 spiro atoms. The Morgan fingerprint density at radius 2 is 2.00 bits per heavy atom. The highest BCUT2D eigenvalue weighted by Crippen LogP contribution is 2.28. The Bertz CT molecular complexity index is 507. The molecule has 18 heavy (non-hydrogen) atoms. The van der Waals surface area contributed by atoms with E-state index in [-0.39, 0.29) is 0 Å². The Balaban J connectivity index is 2.19. The summed E-state index contributed by atoms with van der Waals surface area (Å²) < 4.78 is 1.20. The molecule has 0 saturated carbocycles. The van der Waals surface area contributed by atoms with Crippen LogP contribution in [0.15, 0.2) is 40.9 Å². The zero-order valence-corrected chi connectivity index (χ0v) is 13.1. The van der Waals surface area contributed by atoms with Crippen LogP contribution in [0.5, 0.6) is 0 Å². The van der Waals surface area contributed by atoms with Gasteiger partial charge in [0.25, 0.3) is 0 Å². The van der Waals surface area contributed by atoms with E-state index < -0.39 is 0 Å². The van der Waals surface area contributed by atoms with Gasteiger partial charge in [0, 0.05) is 20.3 Å². The SMILES string of the molecule is CCNC(Cc1ccccc1Br)c1ccc(C)s1. The van der Waals surface area contributed by atoms with Crippen LogP contribution in [0.1, 0.15) is 28.3 Å². The summed E-state index contributed by atoms with van der Waals surface area (Å²) in [5.74, 6) is 0. The van der Waals surface area contributed by atoms with Gasteiger partial charge in [-0.2, -0.15) is 0 Å². The van der Waals surface area contributed by atoms with E-state index in [0.717, 1.165) is 13.0 Å². The standard InChI is InChI=1S/C15H18BrNS/c1-3-17-14(15-9-8-11(2)18-15)10-12-6-4-5-7-13(12)16/h4-9,14,17H,3,10H2,1-2H3. The fourth-order valence-electron chi connectivity index (χ4n) is 2.04. The molecule has 1 aromatic heterocycles. The van der Waals surface area contributed by atoms with Gasteiger partial charge in [0.15, 0.2) is 0 Å². The molecule has 2 rings (SSSR count). The highest BCUT2D eigenvalue weighted by Gasteiger charge is 2.14. The van der Waals surface area contributed by atoms with Gasteiger partial charge in [-0.25, -0.2) is 0 Å². The monoisotopic (exact) mass is 323 g/mol. The van der Waals surface area contributed by atoms with E-state index in [9.17, 15) is 0 Å². The fraction of sp³-hybridized carbons (Fsp3) is 0.333. The van der Waals surface area contributed by atoms with Crippen LogP contribution in [0.4, 0.5) is 0 Å². The van der Waals surface area contributed by atoms with E-state index in [4.69, 9.17) is 0 Å². The quantitative estimate of drug-likeness (QED) is 0.840. The predicted molar refractivity (Wildman–Crippen MR) is 83.3 cm³/mol. The Hall–Kier alpha value is -0.640. The lowest BCUT2D eigenvalue weighted by Gasteiger charge is -2.17. The highest BCUT2D eigenvalue weighted by atomic mass is 79.9. The molecule has 1 nitrogen and oxygen atoms in total. The van der Waals surface area contributed by atoms with Crippen molar-refractivity contribution in [1.29, 1.82) is 0 Å². The third-order valence-corrected chi connectivity index (χ3v) is 4.82. The van der Waals surface area contributed by atoms with Gasteiger partial charge in [-0.05, 0) is 43.7 Å². The van der Waals surface area contributed by atoms with Crippen molar-refractivity contribution in [2.24, 2.45) is 0 Å². The Morgan fingerprint density at radius 1 is 1.22 bits per heavy atom. The lowest BCUT2D eigenvalue weighted by molar-refractivity contribution is 0.557. The van der Waals surface area contributed by atoms with E-state index in [1.807, 2.05) is 11.3 Å². The number of rotatable bonds is 5. The van der Waals surface area contributed by atoms with E-state index in [2.05, 4.69) is 71.5 Å². The van der Waals surface area contributed by atoms with Crippen LogP contribution in [0.3, 0.4) is 0 Å². The molecule has 0 aliphatic heterocycles. The Labute approximate surface area is 121 Å². The number of aryl methyl sites for hydroxylation is 1. The number of likely N-dealkylation sites (N-methyl/N-ethyl adjacent to an activating group) is 1. The molecule has 0 radical (unpaired) electrons. The van der Waals surface area contributed by atoms with Crippen LogP contribution in [0.2, 0.25) is 0 Å². The second kappa shape index (κ2) is 6.50. The molecule has 96 valence electrons. The van der Waals surface area contributed by atoms with Gasteiger partial charge in [0.2, 0.25) is 0 Å². The largest absolute Gasteiger partial charge is 0.309 e. The molecule has 1 heterocycles.